The molecule has 0 amide bonds. The van der Waals surface area contributed by atoms with Crippen molar-refractivity contribution in [3.05, 3.63) is 56.2 Å². The van der Waals surface area contributed by atoms with E-state index >= 15 is 0 Å². The van der Waals surface area contributed by atoms with Crippen molar-refractivity contribution in [2.24, 2.45) is 0 Å². The Morgan fingerprint density at radius 3 is 2.79 bits per heavy atom. The van der Waals surface area contributed by atoms with Crippen molar-refractivity contribution in [1.29, 1.82) is 0 Å². The molecule has 24 heavy (non-hydrogen) atoms. The molecule has 6 heteroatoms. The van der Waals surface area contributed by atoms with Gasteiger partial charge in [-0.25, -0.2) is 4.79 Å². The predicted octanol–water partition coefficient (Wildman–Crippen LogP) is 4.60. The van der Waals surface area contributed by atoms with Crippen molar-refractivity contribution >= 4 is 41.3 Å². The van der Waals surface area contributed by atoms with E-state index < -0.39 is 0 Å². The van der Waals surface area contributed by atoms with Gasteiger partial charge >= 0.3 is 5.97 Å². The lowest BCUT2D eigenvalue weighted by Gasteiger charge is -2.20. The third-order valence-electron chi connectivity index (χ3n) is 4.08. The van der Waals surface area contributed by atoms with Gasteiger partial charge in [0, 0.05) is 29.5 Å². The summed E-state index contributed by atoms with van der Waals surface area (Å²) in [4.78, 5) is 16.3. The normalized spacial score (nSPS) is 14.4. The van der Waals surface area contributed by atoms with Crippen LogP contribution in [0.1, 0.15) is 32.6 Å². The van der Waals surface area contributed by atoms with Crippen LogP contribution >= 0.6 is 35.3 Å². The van der Waals surface area contributed by atoms with Crippen LogP contribution in [0.15, 0.2) is 30.3 Å². The van der Waals surface area contributed by atoms with Gasteiger partial charge in [0.1, 0.15) is 4.88 Å². The highest BCUT2D eigenvalue weighted by Gasteiger charge is 2.20. The molecule has 2 heterocycles. The summed E-state index contributed by atoms with van der Waals surface area (Å²) in [5, 5.41) is 0.830. The molecule has 1 aromatic carbocycles. The van der Waals surface area contributed by atoms with E-state index in [9.17, 15) is 4.79 Å². The topological polar surface area (TPSA) is 29.5 Å². The monoisotopic (exact) mass is 385 g/mol. The second-order valence-electron chi connectivity index (χ2n) is 5.65. The number of rotatable bonds is 4. The predicted molar refractivity (Wildman–Crippen MR) is 102 cm³/mol. The van der Waals surface area contributed by atoms with Gasteiger partial charge in [0.15, 0.2) is 0 Å². The molecule has 1 aliphatic rings. The smallest absolute Gasteiger partial charge is 0.348 e. The molecule has 3 rings (SSSR count). The third-order valence-corrected chi connectivity index (χ3v) is 5.66. The fraction of sp³-hybridized carbons (Fsp3) is 0.389. The first kappa shape index (κ1) is 19.3. The van der Waals surface area contributed by atoms with Crippen LogP contribution in [-0.2, 0) is 24.1 Å². The van der Waals surface area contributed by atoms with Gasteiger partial charge in [-0.1, -0.05) is 29.8 Å². The molecule has 1 aliphatic heterocycles. The summed E-state index contributed by atoms with van der Waals surface area (Å²) in [6.45, 7) is 5.10. The van der Waals surface area contributed by atoms with Crippen LogP contribution in [0.2, 0.25) is 5.02 Å². The Morgan fingerprint density at radius 2 is 2.04 bits per heavy atom. The zero-order valence-corrected chi connectivity index (χ0v) is 16.0. The molecular weight excluding hydrogens is 365 g/mol. The number of esters is 1. The van der Waals surface area contributed by atoms with Gasteiger partial charge in [-0.15, -0.1) is 23.7 Å². The van der Waals surface area contributed by atoms with E-state index in [4.69, 9.17) is 16.3 Å². The van der Waals surface area contributed by atoms with Crippen LogP contribution in [0.3, 0.4) is 0 Å². The minimum atomic E-state index is -0.196. The van der Waals surface area contributed by atoms with Crippen molar-refractivity contribution in [3.63, 3.8) is 0 Å². The van der Waals surface area contributed by atoms with E-state index in [2.05, 4.69) is 11.0 Å². The second kappa shape index (κ2) is 8.86. The van der Waals surface area contributed by atoms with Gasteiger partial charge in [0.2, 0.25) is 0 Å². The first-order valence-electron chi connectivity index (χ1n) is 7.92. The number of nitrogens with zero attached hydrogens (tertiary/aromatic N) is 1. The fourth-order valence-corrected chi connectivity index (χ4v) is 4.16. The summed E-state index contributed by atoms with van der Waals surface area (Å²) >= 11 is 7.84. The molecule has 0 spiro atoms. The number of carbonyl (C=O) groups excluding carboxylic acids is 1. The number of hydrogen-bond donors (Lipinski definition) is 0. The number of hydrogen-bond acceptors (Lipinski definition) is 4. The van der Waals surface area contributed by atoms with E-state index in [0.29, 0.717) is 6.61 Å². The van der Waals surface area contributed by atoms with Crippen LogP contribution in [0, 0.1) is 0 Å². The van der Waals surface area contributed by atoms with Gasteiger partial charge in [-0.05, 0) is 43.0 Å². The Balaban J connectivity index is 0.00000208. The van der Waals surface area contributed by atoms with Crippen LogP contribution < -0.4 is 0 Å². The van der Waals surface area contributed by atoms with Crippen molar-refractivity contribution in [3.8, 4) is 0 Å². The number of halogens is 2. The highest BCUT2D eigenvalue weighted by atomic mass is 35.5. The van der Waals surface area contributed by atoms with E-state index in [1.165, 1.54) is 16.0 Å². The molecule has 0 saturated heterocycles. The van der Waals surface area contributed by atoms with Crippen molar-refractivity contribution in [2.45, 2.75) is 26.3 Å². The van der Waals surface area contributed by atoms with Crippen molar-refractivity contribution in [1.82, 2.24) is 4.90 Å². The Morgan fingerprint density at radius 1 is 1.29 bits per heavy atom. The van der Waals surface area contributed by atoms with Crippen LogP contribution in [0.25, 0.3) is 0 Å². The zero-order valence-electron chi connectivity index (χ0n) is 13.6. The summed E-state index contributed by atoms with van der Waals surface area (Å²) in [6, 6.07) is 10.0. The standard InChI is InChI=1S/C18H20ClNO2S.ClH/c1-2-22-18(21)17-11-13-7-9-20(10-8-16(13)23-17)12-14-5-3-4-6-15(14)19;/h3-6,11H,2,7-10,12H2,1H3;1H. The molecule has 0 saturated carbocycles. The highest BCUT2D eigenvalue weighted by Crippen LogP contribution is 2.28. The third kappa shape index (κ3) is 4.51. The maximum atomic E-state index is 11.9. The molecule has 0 radical (unpaired) electrons. The number of ether oxygens (including phenoxy) is 1. The van der Waals surface area contributed by atoms with Gasteiger partial charge in [0.05, 0.1) is 6.61 Å². The number of thiophene rings is 1. The zero-order chi connectivity index (χ0) is 16.2. The molecule has 3 nitrogen and oxygen atoms in total. The number of fused-ring (bicyclic) bond motifs is 1. The first-order chi connectivity index (χ1) is 11.2. The summed E-state index contributed by atoms with van der Waals surface area (Å²) in [6.07, 6.45) is 1.94. The molecule has 0 unspecified atom stereocenters. The number of carbonyl (C=O) groups is 1. The van der Waals surface area contributed by atoms with Gasteiger partial charge < -0.3 is 4.74 Å². The Bertz CT molecular complexity index is 677. The Labute approximate surface area is 158 Å². The molecule has 130 valence electrons. The molecule has 2 aromatic rings. The fourth-order valence-electron chi connectivity index (χ4n) is 2.87. The van der Waals surface area contributed by atoms with Crippen molar-refractivity contribution in [2.75, 3.05) is 19.7 Å². The van der Waals surface area contributed by atoms with E-state index in [0.717, 1.165) is 42.4 Å². The summed E-state index contributed by atoms with van der Waals surface area (Å²) < 4.78 is 5.10. The minimum absolute atomic E-state index is 0. The minimum Gasteiger partial charge on any atom is -0.462 e. The van der Waals surface area contributed by atoms with Crippen molar-refractivity contribution < 1.29 is 9.53 Å². The largest absolute Gasteiger partial charge is 0.462 e. The molecule has 0 N–H and O–H groups in total. The number of benzene rings is 1. The lowest BCUT2D eigenvalue weighted by molar-refractivity contribution is 0.0532. The average Bonchev–Trinajstić information content (AvgIpc) is 2.87. The average molecular weight is 386 g/mol. The van der Waals surface area contributed by atoms with Crippen LogP contribution in [0.4, 0.5) is 0 Å². The maximum absolute atomic E-state index is 11.9. The molecule has 1 aromatic heterocycles. The molecule has 0 atom stereocenters. The first-order valence-corrected chi connectivity index (χ1v) is 9.11. The van der Waals surface area contributed by atoms with E-state index in [1.54, 1.807) is 11.3 Å². The van der Waals surface area contributed by atoms with Gasteiger partial charge in [-0.3, -0.25) is 4.90 Å². The Kier molecular flexibility index (Phi) is 7.11. The van der Waals surface area contributed by atoms with Crippen LogP contribution in [0.5, 0.6) is 0 Å². The summed E-state index contributed by atoms with van der Waals surface area (Å²) in [5.41, 5.74) is 2.46. The molecule has 0 fully saturated rings. The molecular formula is C18H21Cl2NO2S. The SMILES string of the molecule is CCOC(=O)c1cc2c(s1)CCN(Cc1ccccc1Cl)CC2.Cl. The highest BCUT2D eigenvalue weighted by molar-refractivity contribution is 7.14. The van der Waals surface area contributed by atoms with Crippen LogP contribution in [-0.4, -0.2) is 30.6 Å². The molecule has 0 bridgehead atoms. The second-order valence-corrected chi connectivity index (χ2v) is 7.19. The van der Waals surface area contributed by atoms with Gasteiger partial charge in [-0.2, -0.15) is 0 Å². The summed E-state index contributed by atoms with van der Waals surface area (Å²) in [5.74, 6) is -0.196. The van der Waals surface area contributed by atoms with E-state index in [-0.39, 0.29) is 18.4 Å². The summed E-state index contributed by atoms with van der Waals surface area (Å²) in [7, 11) is 0. The lowest BCUT2D eigenvalue weighted by atomic mass is 10.1. The quantitative estimate of drug-likeness (QED) is 0.720. The Hall–Kier alpha value is -1.07. The lowest BCUT2D eigenvalue weighted by Crippen LogP contribution is -2.26. The molecule has 0 aliphatic carbocycles. The maximum Gasteiger partial charge on any atom is 0.348 e. The van der Waals surface area contributed by atoms with Gasteiger partial charge in [0.25, 0.3) is 0 Å². The van der Waals surface area contributed by atoms with E-state index in [1.807, 2.05) is 31.2 Å².